The summed E-state index contributed by atoms with van der Waals surface area (Å²) in [6, 6.07) is 3.22. The Kier molecular flexibility index (Phi) is 7.36. The van der Waals surface area contributed by atoms with Crippen LogP contribution in [0, 0.1) is 17.8 Å². The Morgan fingerprint density at radius 1 is 1.33 bits per heavy atom. The molecule has 2 amide bonds. The molecule has 1 fully saturated rings. The first kappa shape index (κ1) is 21.4. The number of hydrogen-bond donors (Lipinski definition) is 2. The Morgan fingerprint density at radius 3 is 2.63 bits per heavy atom. The van der Waals surface area contributed by atoms with Crippen LogP contribution in [0.15, 0.2) is 12.1 Å². The molecule has 3 unspecified atom stereocenters. The van der Waals surface area contributed by atoms with Gasteiger partial charge in [-0.3, -0.25) is 9.59 Å². The molecule has 27 heavy (non-hydrogen) atoms. The number of halogens is 1. The molecule has 0 spiro atoms. The van der Waals surface area contributed by atoms with Crippen molar-refractivity contribution in [2.45, 2.75) is 46.1 Å². The summed E-state index contributed by atoms with van der Waals surface area (Å²) in [6.45, 7) is 6.30. The van der Waals surface area contributed by atoms with Gasteiger partial charge in [-0.15, -0.1) is 0 Å². The van der Waals surface area contributed by atoms with Gasteiger partial charge < -0.3 is 20.5 Å². The molecule has 1 aromatic carbocycles. The highest BCUT2D eigenvalue weighted by atomic mass is 35.5. The summed E-state index contributed by atoms with van der Waals surface area (Å²) < 4.78 is 10.6. The van der Waals surface area contributed by atoms with E-state index in [1.165, 1.54) is 19.6 Å². The zero-order valence-corrected chi connectivity index (χ0v) is 17.1. The molecule has 3 N–H and O–H groups in total. The van der Waals surface area contributed by atoms with E-state index in [-0.39, 0.29) is 35.1 Å². The van der Waals surface area contributed by atoms with Gasteiger partial charge in [-0.1, -0.05) is 38.8 Å². The van der Waals surface area contributed by atoms with Crippen molar-refractivity contribution in [2.75, 3.05) is 13.7 Å². The molecule has 0 bridgehead atoms. The summed E-state index contributed by atoms with van der Waals surface area (Å²) in [5, 5.41) is 3.37. The molecule has 7 heteroatoms. The molecule has 1 aromatic rings. The molecule has 2 rings (SSSR count). The summed E-state index contributed by atoms with van der Waals surface area (Å²) in [6.07, 6.45) is 3.29. The van der Waals surface area contributed by atoms with Gasteiger partial charge in [-0.25, -0.2) is 0 Å². The number of carbonyl (C=O) groups is 2. The molecule has 1 saturated carbocycles. The monoisotopic (exact) mass is 396 g/mol. The molecule has 0 aliphatic heterocycles. The highest BCUT2D eigenvalue weighted by Crippen LogP contribution is 2.37. The van der Waals surface area contributed by atoms with Crippen LogP contribution in [0.2, 0.25) is 5.02 Å². The molecule has 1 aliphatic carbocycles. The van der Waals surface area contributed by atoms with Crippen LogP contribution in [0.3, 0.4) is 0 Å². The Labute approximate surface area is 165 Å². The Balaban J connectivity index is 2.20. The first-order valence-corrected chi connectivity index (χ1v) is 9.70. The van der Waals surface area contributed by atoms with Gasteiger partial charge in [0.1, 0.15) is 0 Å². The fourth-order valence-electron chi connectivity index (χ4n) is 3.75. The third-order valence-corrected chi connectivity index (χ3v) is 5.47. The number of nitrogens with two attached hydrogens (primary N) is 1. The SMILES string of the molecule is COc1cc(C(=O)NC2CC(C)CCC2C(C)C)cc(Cl)c1OCC(N)=O. The van der Waals surface area contributed by atoms with E-state index < -0.39 is 5.91 Å². The zero-order chi connectivity index (χ0) is 20.1. The molecule has 0 saturated heterocycles. The van der Waals surface area contributed by atoms with Crippen LogP contribution in [-0.4, -0.2) is 31.6 Å². The summed E-state index contributed by atoms with van der Waals surface area (Å²) in [5.41, 5.74) is 5.49. The lowest BCUT2D eigenvalue weighted by atomic mass is 9.74. The molecule has 3 atom stereocenters. The molecular weight excluding hydrogens is 368 g/mol. The van der Waals surface area contributed by atoms with Crippen molar-refractivity contribution in [2.24, 2.45) is 23.5 Å². The number of hydrogen-bond acceptors (Lipinski definition) is 4. The van der Waals surface area contributed by atoms with Crippen LogP contribution in [-0.2, 0) is 4.79 Å². The smallest absolute Gasteiger partial charge is 0.255 e. The van der Waals surface area contributed by atoms with Gasteiger partial charge in [-0.2, -0.15) is 0 Å². The number of benzene rings is 1. The third-order valence-electron chi connectivity index (χ3n) is 5.19. The molecule has 0 heterocycles. The Hall–Kier alpha value is -1.95. The largest absolute Gasteiger partial charge is 0.493 e. The van der Waals surface area contributed by atoms with E-state index in [0.29, 0.717) is 23.3 Å². The van der Waals surface area contributed by atoms with E-state index in [1.807, 2.05) is 0 Å². The highest BCUT2D eigenvalue weighted by molar-refractivity contribution is 6.32. The third kappa shape index (κ3) is 5.51. The standard InChI is InChI=1S/C20H29ClN2O4/c1-11(2)14-6-5-12(3)7-16(14)23-20(25)13-8-15(21)19(17(9-13)26-4)27-10-18(22)24/h8-9,11-12,14,16H,5-7,10H2,1-4H3,(H2,22,24)(H,23,25). The van der Waals surface area contributed by atoms with Crippen molar-refractivity contribution in [3.63, 3.8) is 0 Å². The zero-order valence-electron chi connectivity index (χ0n) is 16.4. The van der Waals surface area contributed by atoms with Crippen LogP contribution >= 0.6 is 11.6 Å². The topological polar surface area (TPSA) is 90.7 Å². The van der Waals surface area contributed by atoms with E-state index in [0.717, 1.165) is 12.8 Å². The minimum absolute atomic E-state index is 0.136. The predicted molar refractivity (Wildman–Crippen MR) is 105 cm³/mol. The van der Waals surface area contributed by atoms with E-state index in [2.05, 4.69) is 26.1 Å². The summed E-state index contributed by atoms with van der Waals surface area (Å²) >= 11 is 6.25. The molecule has 6 nitrogen and oxygen atoms in total. The minimum atomic E-state index is -0.624. The number of primary amides is 1. The van der Waals surface area contributed by atoms with E-state index in [9.17, 15) is 9.59 Å². The Morgan fingerprint density at radius 2 is 2.04 bits per heavy atom. The van der Waals surface area contributed by atoms with Gasteiger partial charge >= 0.3 is 0 Å². The molecule has 150 valence electrons. The van der Waals surface area contributed by atoms with Gasteiger partial charge in [0.25, 0.3) is 11.8 Å². The normalized spacial score (nSPS) is 22.4. The van der Waals surface area contributed by atoms with E-state index >= 15 is 0 Å². The maximum atomic E-state index is 12.8. The fraction of sp³-hybridized carbons (Fsp3) is 0.600. The number of ether oxygens (including phenoxy) is 2. The van der Waals surface area contributed by atoms with E-state index in [1.54, 1.807) is 6.07 Å². The molecule has 1 aliphatic rings. The second kappa shape index (κ2) is 9.31. The second-order valence-corrected chi connectivity index (χ2v) is 8.06. The van der Waals surface area contributed by atoms with Crippen LogP contribution in [0.4, 0.5) is 0 Å². The van der Waals surface area contributed by atoms with Gasteiger partial charge in [0.2, 0.25) is 0 Å². The maximum absolute atomic E-state index is 12.8. The lowest BCUT2D eigenvalue weighted by Gasteiger charge is -2.37. The van der Waals surface area contributed by atoms with Crippen molar-refractivity contribution < 1.29 is 19.1 Å². The van der Waals surface area contributed by atoms with Gasteiger partial charge in [0.05, 0.1) is 12.1 Å². The second-order valence-electron chi connectivity index (χ2n) is 7.65. The maximum Gasteiger partial charge on any atom is 0.255 e. The lowest BCUT2D eigenvalue weighted by Crippen LogP contribution is -2.45. The average molecular weight is 397 g/mol. The van der Waals surface area contributed by atoms with Crippen LogP contribution < -0.4 is 20.5 Å². The average Bonchev–Trinajstić information content (AvgIpc) is 2.59. The van der Waals surface area contributed by atoms with Gasteiger partial charge in [0.15, 0.2) is 18.1 Å². The molecule has 0 aromatic heterocycles. The number of rotatable bonds is 7. The van der Waals surface area contributed by atoms with Gasteiger partial charge in [0, 0.05) is 11.6 Å². The number of methoxy groups -OCH3 is 1. The molecular formula is C20H29ClN2O4. The van der Waals surface area contributed by atoms with Crippen LogP contribution in [0.25, 0.3) is 0 Å². The first-order valence-electron chi connectivity index (χ1n) is 9.32. The summed E-state index contributed by atoms with van der Waals surface area (Å²) in [7, 11) is 1.45. The van der Waals surface area contributed by atoms with Crippen molar-refractivity contribution >= 4 is 23.4 Å². The summed E-state index contributed by atoms with van der Waals surface area (Å²) in [4.78, 5) is 23.8. The fourth-order valence-corrected chi connectivity index (χ4v) is 4.02. The lowest BCUT2D eigenvalue weighted by molar-refractivity contribution is -0.119. The number of nitrogens with one attached hydrogen (secondary N) is 1. The van der Waals surface area contributed by atoms with Crippen LogP contribution in [0.5, 0.6) is 11.5 Å². The quantitative estimate of drug-likeness (QED) is 0.738. The number of carbonyl (C=O) groups excluding carboxylic acids is 2. The first-order chi connectivity index (χ1) is 12.7. The highest BCUT2D eigenvalue weighted by Gasteiger charge is 2.32. The minimum Gasteiger partial charge on any atom is -0.493 e. The summed E-state index contributed by atoms with van der Waals surface area (Å²) in [5.74, 6) is 1.22. The van der Waals surface area contributed by atoms with Crippen molar-refractivity contribution in [1.82, 2.24) is 5.32 Å². The van der Waals surface area contributed by atoms with Crippen LogP contribution in [0.1, 0.15) is 50.4 Å². The Bertz CT molecular complexity index is 693. The van der Waals surface area contributed by atoms with Gasteiger partial charge in [-0.05, 0) is 42.7 Å². The van der Waals surface area contributed by atoms with Crippen molar-refractivity contribution in [3.05, 3.63) is 22.7 Å². The van der Waals surface area contributed by atoms with E-state index in [4.69, 9.17) is 26.8 Å². The van der Waals surface area contributed by atoms with Crippen molar-refractivity contribution in [3.8, 4) is 11.5 Å². The molecule has 0 radical (unpaired) electrons. The number of amides is 2. The predicted octanol–water partition coefficient (Wildman–Crippen LogP) is 3.40. The van der Waals surface area contributed by atoms with Crippen molar-refractivity contribution in [1.29, 1.82) is 0 Å².